The third-order valence-electron chi connectivity index (χ3n) is 1.75. The van der Waals surface area contributed by atoms with Gasteiger partial charge in [0.2, 0.25) is 0 Å². The monoisotopic (exact) mass is 161 g/mol. The van der Waals surface area contributed by atoms with E-state index < -0.39 is 0 Å². The zero-order chi connectivity index (χ0) is 8.69. The summed E-state index contributed by atoms with van der Waals surface area (Å²) in [6.45, 7) is 2.56. The topological polar surface area (TPSA) is 66.5 Å². The fourth-order valence-corrected chi connectivity index (χ4v) is 1.17. The smallest absolute Gasteiger partial charge is 0.0515 e. The number of aliphatic hydroxyl groups excluding tert-OH is 2. The number of rotatable bonds is 6. The SMILES string of the molecule is CC(O)CC(CO)CCCN. The average Bonchev–Trinajstić information content (AvgIpc) is 1.97. The maximum absolute atomic E-state index is 9.01. The Morgan fingerprint density at radius 3 is 2.45 bits per heavy atom. The highest BCUT2D eigenvalue weighted by Crippen LogP contribution is 2.11. The van der Waals surface area contributed by atoms with E-state index in [-0.39, 0.29) is 18.6 Å². The zero-order valence-corrected chi connectivity index (χ0v) is 7.16. The molecular formula is C8H19NO2. The van der Waals surface area contributed by atoms with Gasteiger partial charge in [-0.25, -0.2) is 0 Å². The Labute approximate surface area is 68.2 Å². The molecule has 0 spiro atoms. The van der Waals surface area contributed by atoms with E-state index in [1.807, 2.05) is 0 Å². The van der Waals surface area contributed by atoms with Crippen molar-refractivity contribution in [3.05, 3.63) is 0 Å². The van der Waals surface area contributed by atoms with Crippen LogP contribution in [0, 0.1) is 5.92 Å². The van der Waals surface area contributed by atoms with E-state index in [0.29, 0.717) is 13.0 Å². The maximum atomic E-state index is 9.01. The Bertz CT molecular complexity index is 86.2. The van der Waals surface area contributed by atoms with Gasteiger partial charge in [0, 0.05) is 6.61 Å². The molecule has 2 unspecified atom stereocenters. The Kier molecular flexibility index (Phi) is 6.51. The summed E-state index contributed by atoms with van der Waals surface area (Å²) in [6, 6.07) is 0. The lowest BCUT2D eigenvalue weighted by molar-refractivity contribution is 0.124. The molecule has 0 bridgehead atoms. The van der Waals surface area contributed by atoms with Crippen molar-refractivity contribution in [2.75, 3.05) is 13.2 Å². The molecule has 0 fully saturated rings. The van der Waals surface area contributed by atoms with Gasteiger partial charge >= 0.3 is 0 Å². The number of hydrogen-bond donors (Lipinski definition) is 3. The predicted molar refractivity (Wildman–Crippen MR) is 45.2 cm³/mol. The molecule has 68 valence electrons. The number of aliphatic hydroxyl groups is 2. The van der Waals surface area contributed by atoms with E-state index >= 15 is 0 Å². The largest absolute Gasteiger partial charge is 0.396 e. The van der Waals surface area contributed by atoms with E-state index in [2.05, 4.69) is 0 Å². The van der Waals surface area contributed by atoms with Crippen molar-refractivity contribution >= 4 is 0 Å². The molecule has 0 aromatic carbocycles. The van der Waals surface area contributed by atoms with E-state index in [1.165, 1.54) is 0 Å². The van der Waals surface area contributed by atoms with Crippen LogP contribution >= 0.6 is 0 Å². The molecule has 0 saturated carbocycles. The molecule has 0 amide bonds. The van der Waals surface area contributed by atoms with Crippen molar-refractivity contribution < 1.29 is 10.2 Å². The van der Waals surface area contributed by atoms with Crippen molar-refractivity contribution in [3.8, 4) is 0 Å². The van der Waals surface area contributed by atoms with Crippen molar-refractivity contribution in [2.24, 2.45) is 11.7 Å². The highest BCUT2D eigenvalue weighted by molar-refractivity contribution is 4.61. The van der Waals surface area contributed by atoms with E-state index in [0.717, 1.165) is 12.8 Å². The summed E-state index contributed by atoms with van der Waals surface area (Å²) in [7, 11) is 0. The van der Waals surface area contributed by atoms with Crippen molar-refractivity contribution in [2.45, 2.75) is 32.3 Å². The molecule has 0 heterocycles. The molecule has 0 radical (unpaired) electrons. The maximum Gasteiger partial charge on any atom is 0.0515 e. The van der Waals surface area contributed by atoms with Gasteiger partial charge in [-0.05, 0) is 38.6 Å². The lowest BCUT2D eigenvalue weighted by Crippen LogP contribution is -2.15. The third-order valence-corrected chi connectivity index (χ3v) is 1.75. The molecule has 11 heavy (non-hydrogen) atoms. The van der Waals surface area contributed by atoms with E-state index in [9.17, 15) is 0 Å². The molecule has 2 atom stereocenters. The average molecular weight is 161 g/mol. The highest BCUT2D eigenvalue weighted by Gasteiger charge is 2.09. The van der Waals surface area contributed by atoms with Crippen LogP contribution in [0.5, 0.6) is 0 Å². The first-order valence-corrected chi connectivity index (χ1v) is 4.19. The third kappa shape index (κ3) is 6.28. The second-order valence-electron chi connectivity index (χ2n) is 3.06. The minimum atomic E-state index is -0.315. The number of nitrogens with two attached hydrogens (primary N) is 1. The summed E-state index contributed by atoms with van der Waals surface area (Å²) in [5.74, 6) is 0.221. The highest BCUT2D eigenvalue weighted by atomic mass is 16.3. The van der Waals surface area contributed by atoms with Gasteiger partial charge < -0.3 is 15.9 Å². The first kappa shape index (κ1) is 10.9. The normalized spacial score (nSPS) is 16.4. The van der Waals surface area contributed by atoms with Crippen LogP contribution < -0.4 is 5.73 Å². The lowest BCUT2D eigenvalue weighted by atomic mass is 9.98. The Balaban J connectivity index is 3.41. The fourth-order valence-electron chi connectivity index (χ4n) is 1.17. The van der Waals surface area contributed by atoms with Crippen molar-refractivity contribution in [1.82, 2.24) is 0 Å². The Hall–Kier alpha value is -0.120. The molecule has 4 N–H and O–H groups in total. The van der Waals surface area contributed by atoms with Gasteiger partial charge in [0.05, 0.1) is 6.10 Å². The van der Waals surface area contributed by atoms with Crippen molar-refractivity contribution in [3.63, 3.8) is 0 Å². The van der Waals surface area contributed by atoms with Crippen LogP contribution in [0.2, 0.25) is 0 Å². The van der Waals surface area contributed by atoms with Crippen LogP contribution in [0.4, 0.5) is 0 Å². The molecule has 0 aliphatic rings. The Morgan fingerprint density at radius 2 is 2.09 bits per heavy atom. The summed E-state index contributed by atoms with van der Waals surface area (Å²) < 4.78 is 0. The minimum absolute atomic E-state index is 0.158. The van der Waals surface area contributed by atoms with Gasteiger partial charge in [0.15, 0.2) is 0 Å². The molecule has 0 saturated heterocycles. The Morgan fingerprint density at radius 1 is 1.45 bits per heavy atom. The summed E-state index contributed by atoms with van der Waals surface area (Å²) in [5.41, 5.74) is 5.32. The first-order valence-electron chi connectivity index (χ1n) is 4.19. The first-order chi connectivity index (χ1) is 5.20. The van der Waals surface area contributed by atoms with Crippen LogP contribution in [0.1, 0.15) is 26.2 Å². The van der Waals surface area contributed by atoms with Gasteiger partial charge in [-0.3, -0.25) is 0 Å². The molecule has 0 aromatic heterocycles. The number of hydrogen-bond acceptors (Lipinski definition) is 3. The summed E-state index contributed by atoms with van der Waals surface area (Å²) >= 11 is 0. The summed E-state index contributed by atoms with van der Waals surface area (Å²) in [4.78, 5) is 0. The second-order valence-corrected chi connectivity index (χ2v) is 3.06. The fraction of sp³-hybridized carbons (Fsp3) is 1.00. The quantitative estimate of drug-likeness (QED) is 0.518. The molecule has 3 nitrogen and oxygen atoms in total. The summed E-state index contributed by atoms with van der Waals surface area (Å²) in [5, 5.41) is 17.9. The summed E-state index contributed by atoms with van der Waals surface area (Å²) in [6.07, 6.45) is 2.21. The van der Waals surface area contributed by atoms with Crippen LogP contribution in [0.15, 0.2) is 0 Å². The molecule has 0 aliphatic carbocycles. The lowest BCUT2D eigenvalue weighted by Gasteiger charge is -2.14. The van der Waals surface area contributed by atoms with Gasteiger partial charge in [0.1, 0.15) is 0 Å². The zero-order valence-electron chi connectivity index (χ0n) is 7.16. The van der Waals surface area contributed by atoms with Crippen LogP contribution in [-0.4, -0.2) is 29.5 Å². The van der Waals surface area contributed by atoms with Crippen LogP contribution in [0.3, 0.4) is 0 Å². The molecule has 3 heteroatoms. The van der Waals surface area contributed by atoms with Crippen LogP contribution in [-0.2, 0) is 0 Å². The van der Waals surface area contributed by atoms with Gasteiger partial charge in [0.25, 0.3) is 0 Å². The molecule has 0 aromatic rings. The molecule has 0 rings (SSSR count). The standard InChI is InChI=1S/C8H19NO2/c1-7(11)5-8(6-10)3-2-4-9/h7-8,10-11H,2-6,9H2,1H3. The molecular weight excluding hydrogens is 142 g/mol. The predicted octanol–water partition coefficient (Wildman–Crippen LogP) is 0.105. The van der Waals surface area contributed by atoms with E-state index in [1.54, 1.807) is 6.92 Å². The minimum Gasteiger partial charge on any atom is -0.396 e. The second kappa shape index (κ2) is 6.58. The van der Waals surface area contributed by atoms with Gasteiger partial charge in [-0.15, -0.1) is 0 Å². The molecule has 0 aliphatic heterocycles. The van der Waals surface area contributed by atoms with E-state index in [4.69, 9.17) is 15.9 Å². The van der Waals surface area contributed by atoms with Gasteiger partial charge in [-0.1, -0.05) is 0 Å². The van der Waals surface area contributed by atoms with Gasteiger partial charge in [-0.2, -0.15) is 0 Å². The van der Waals surface area contributed by atoms with Crippen LogP contribution in [0.25, 0.3) is 0 Å². The van der Waals surface area contributed by atoms with Crippen molar-refractivity contribution in [1.29, 1.82) is 0 Å².